The van der Waals surface area contributed by atoms with Crippen molar-refractivity contribution in [3.63, 3.8) is 0 Å². The maximum absolute atomic E-state index is 13.0. The van der Waals surface area contributed by atoms with Crippen LogP contribution in [0.25, 0.3) is 10.2 Å². The SMILES string of the molecule is Cc1nc2ccc(S(=O)(=O)NC(C(=O)NC3CCCCCCC3)C(C)C)cc2s1. The molecule has 1 aromatic carbocycles. The van der Waals surface area contributed by atoms with E-state index in [2.05, 4.69) is 15.0 Å². The Morgan fingerprint density at radius 1 is 1.14 bits per heavy atom. The third kappa shape index (κ3) is 5.77. The number of aromatic nitrogens is 1. The molecule has 1 fully saturated rings. The summed E-state index contributed by atoms with van der Waals surface area (Å²) in [4.78, 5) is 17.5. The van der Waals surface area contributed by atoms with Crippen molar-refractivity contribution in [1.29, 1.82) is 0 Å². The normalized spacial score (nSPS) is 17.8. The largest absolute Gasteiger partial charge is 0.352 e. The first-order valence-electron chi connectivity index (χ1n) is 10.5. The zero-order chi connectivity index (χ0) is 21.0. The second kappa shape index (κ2) is 9.53. The van der Waals surface area contributed by atoms with Gasteiger partial charge in [0.15, 0.2) is 0 Å². The number of fused-ring (bicyclic) bond motifs is 1. The van der Waals surface area contributed by atoms with Crippen molar-refractivity contribution in [3.8, 4) is 0 Å². The molecule has 1 atom stereocenters. The van der Waals surface area contributed by atoms with Gasteiger partial charge in [0, 0.05) is 6.04 Å². The number of aryl methyl sites for hydroxylation is 1. The summed E-state index contributed by atoms with van der Waals surface area (Å²) in [7, 11) is -3.82. The van der Waals surface area contributed by atoms with Crippen LogP contribution in [0.15, 0.2) is 23.1 Å². The number of nitrogens with zero attached hydrogens (tertiary/aromatic N) is 1. The van der Waals surface area contributed by atoms with E-state index in [1.165, 1.54) is 30.6 Å². The highest BCUT2D eigenvalue weighted by Gasteiger charge is 2.30. The van der Waals surface area contributed by atoms with E-state index in [1.54, 1.807) is 18.2 Å². The molecule has 2 N–H and O–H groups in total. The predicted molar refractivity (Wildman–Crippen MR) is 118 cm³/mol. The Balaban J connectivity index is 1.74. The molecule has 1 unspecified atom stereocenters. The van der Waals surface area contributed by atoms with Crippen LogP contribution in [0, 0.1) is 12.8 Å². The Kier molecular flexibility index (Phi) is 7.29. The number of carbonyl (C=O) groups is 1. The summed E-state index contributed by atoms with van der Waals surface area (Å²) in [6, 6.07) is 4.22. The van der Waals surface area contributed by atoms with Gasteiger partial charge >= 0.3 is 0 Å². The molecule has 1 amide bonds. The van der Waals surface area contributed by atoms with Gasteiger partial charge in [0.1, 0.15) is 6.04 Å². The van der Waals surface area contributed by atoms with Gasteiger partial charge in [0.25, 0.3) is 0 Å². The molecule has 1 saturated carbocycles. The van der Waals surface area contributed by atoms with Crippen molar-refractivity contribution >= 4 is 37.5 Å². The Morgan fingerprint density at radius 3 is 2.45 bits per heavy atom. The fourth-order valence-corrected chi connectivity index (χ4v) is 6.12. The molecular weight excluding hydrogens is 406 g/mol. The van der Waals surface area contributed by atoms with Crippen molar-refractivity contribution in [2.75, 3.05) is 0 Å². The molecule has 0 bridgehead atoms. The van der Waals surface area contributed by atoms with E-state index in [9.17, 15) is 13.2 Å². The minimum absolute atomic E-state index is 0.130. The molecule has 1 heterocycles. The van der Waals surface area contributed by atoms with Crippen molar-refractivity contribution in [2.45, 2.75) is 82.7 Å². The minimum Gasteiger partial charge on any atom is -0.352 e. The minimum atomic E-state index is -3.82. The first kappa shape index (κ1) is 22.2. The van der Waals surface area contributed by atoms with Crippen LogP contribution in [0.2, 0.25) is 0 Å². The molecule has 2 aromatic rings. The topological polar surface area (TPSA) is 88.2 Å². The maximum atomic E-state index is 13.0. The van der Waals surface area contributed by atoms with Gasteiger partial charge in [-0.25, -0.2) is 13.4 Å². The maximum Gasteiger partial charge on any atom is 0.241 e. The van der Waals surface area contributed by atoms with E-state index in [-0.39, 0.29) is 22.8 Å². The quantitative estimate of drug-likeness (QED) is 0.711. The number of hydrogen-bond acceptors (Lipinski definition) is 5. The number of thiazole rings is 1. The smallest absolute Gasteiger partial charge is 0.241 e. The van der Waals surface area contributed by atoms with Crippen molar-refractivity contribution in [3.05, 3.63) is 23.2 Å². The second-order valence-electron chi connectivity index (χ2n) is 8.26. The number of rotatable bonds is 6. The molecule has 0 aliphatic heterocycles. The summed E-state index contributed by atoms with van der Waals surface area (Å²) in [6.45, 7) is 5.62. The van der Waals surface area contributed by atoms with Crippen molar-refractivity contribution in [2.24, 2.45) is 5.92 Å². The van der Waals surface area contributed by atoms with E-state index in [1.807, 2.05) is 20.8 Å². The zero-order valence-corrected chi connectivity index (χ0v) is 19.0. The highest BCUT2D eigenvalue weighted by Crippen LogP contribution is 2.25. The summed E-state index contributed by atoms with van der Waals surface area (Å²) < 4.78 is 29.4. The Bertz CT molecular complexity index is 945. The summed E-state index contributed by atoms with van der Waals surface area (Å²) >= 11 is 1.46. The number of amides is 1. The Morgan fingerprint density at radius 2 is 1.79 bits per heavy atom. The van der Waals surface area contributed by atoms with Crippen LogP contribution in [0.3, 0.4) is 0 Å². The highest BCUT2D eigenvalue weighted by atomic mass is 32.2. The second-order valence-corrected chi connectivity index (χ2v) is 11.2. The predicted octanol–water partition coefficient (Wildman–Crippen LogP) is 4.14. The lowest BCUT2D eigenvalue weighted by molar-refractivity contribution is -0.124. The molecule has 0 spiro atoms. The third-order valence-corrected chi connectivity index (χ3v) is 7.83. The fraction of sp³-hybridized carbons (Fsp3) is 0.619. The first-order valence-corrected chi connectivity index (χ1v) is 12.8. The van der Waals surface area contributed by atoms with Gasteiger partial charge < -0.3 is 5.32 Å². The average Bonchev–Trinajstić information content (AvgIpc) is 3.00. The third-order valence-electron chi connectivity index (χ3n) is 5.46. The van der Waals surface area contributed by atoms with Gasteiger partial charge in [-0.3, -0.25) is 4.79 Å². The van der Waals surface area contributed by atoms with E-state index in [0.717, 1.165) is 40.9 Å². The van der Waals surface area contributed by atoms with Gasteiger partial charge in [-0.15, -0.1) is 11.3 Å². The van der Waals surface area contributed by atoms with Gasteiger partial charge in [-0.05, 0) is 43.9 Å². The van der Waals surface area contributed by atoms with Crippen LogP contribution in [0.4, 0.5) is 0 Å². The van der Waals surface area contributed by atoms with Crippen LogP contribution >= 0.6 is 11.3 Å². The van der Waals surface area contributed by atoms with Crippen LogP contribution in [-0.2, 0) is 14.8 Å². The van der Waals surface area contributed by atoms with E-state index in [0.29, 0.717) is 0 Å². The zero-order valence-electron chi connectivity index (χ0n) is 17.4. The lowest BCUT2D eigenvalue weighted by atomic mass is 9.96. The summed E-state index contributed by atoms with van der Waals surface area (Å²) in [5.74, 6) is -0.392. The molecule has 3 rings (SSSR count). The van der Waals surface area contributed by atoms with Gasteiger partial charge in [-0.2, -0.15) is 4.72 Å². The molecule has 1 aromatic heterocycles. The van der Waals surface area contributed by atoms with E-state index >= 15 is 0 Å². The number of sulfonamides is 1. The molecule has 8 heteroatoms. The molecule has 29 heavy (non-hydrogen) atoms. The van der Waals surface area contributed by atoms with Crippen LogP contribution in [-0.4, -0.2) is 31.4 Å². The summed E-state index contributed by atoms with van der Waals surface area (Å²) in [5, 5.41) is 3.99. The molecule has 1 aliphatic carbocycles. The molecule has 1 aliphatic rings. The number of nitrogens with one attached hydrogen (secondary N) is 2. The van der Waals surface area contributed by atoms with Crippen LogP contribution < -0.4 is 10.0 Å². The van der Waals surface area contributed by atoms with Gasteiger partial charge in [0.2, 0.25) is 15.9 Å². The van der Waals surface area contributed by atoms with Crippen molar-refractivity contribution in [1.82, 2.24) is 15.0 Å². The summed E-state index contributed by atoms with van der Waals surface area (Å²) in [5.41, 5.74) is 0.786. The van der Waals surface area contributed by atoms with Crippen LogP contribution in [0.1, 0.15) is 63.8 Å². The number of benzene rings is 1. The van der Waals surface area contributed by atoms with E-state index in [4.69, 9.17) is 0 Å². The van der Waals surface area contributed by atoms with Gasteiger partial charge in [-0.1, -0.05) is 46.0 Å². The van der Waals surface area contributed by atoms with Crippen LogP contribution in [0.5, 0.6) is 0 Å². The molecular formula is C21H31N3O3S2. The standard InChI is InChI=1S/C21H31N3O3S2/c1-14(2)20(21(25)23-16-9-7-5-4-6-8-10-16)24-29(26,27)17-11-12-18-19(13-17)28-15(3)22-18/h11-14,16,20,24H,4-10H2,1-3H3,(H,23,25). The van der Waals surface area contributed by atoms with E-state index < -0.39 is 16.1 Å². The Hall–Kier alpha value is -1.51. The molecule has 6 nitrogen and oxygen atoms in total. The van der Waals surface area contributed by atoms with Gasteiger partial charge in [0.05, 0.1) is 20.1 Å². The number of carbonyl (C=O) groups excluding carboxylic acids is 1. The number of hydrogen-bond donors (Lipinski definition) is 2. The monoisotopic (exact) mass is 437 g/mol. The first-order chi connectivity index (χ1) is 13.8. The summed E-state index contributed by atoms with van der Waals surface area (Å²) in [6.07, 6.45) is 7.81. The fourth-order valence-electron chi connectivity index (χ4n) is 3.81. The van der Waals surface area contributed by atoms with Crippen molar-refractivity contribution < 1.29 is 13.2 Å². The molecule has 160 valence electrons. The highest BCUT2D eigenvalue weighted by molar-refractivity contribution is 7.89. The lowest BCUT2D eigenvalue weighted by Crippen LogP contribution is -2.52. The molecule has 0 saturated heterocycles. The Labute approximate surface area is 177 Å². The molecule has 0 radical (unpaired) electrons. The average molecular weight is 438 g/mol. The lowest BCUT2D eigenvalue weighted by Gasteiger charge is -2.26.